The van der Waals surface area contributed by atoms with Crippen LogP contribution in [0.3, 0.4) is 0 Å². The summed E-state index contributed by atoms with van der Waals surface area (Å²) in [6.07, 6.45) is -4.09. The van der Waals surface area contributed by atoms with Gasteiger partial charge in [0, 0.05) is 0 Å². The Morgan fingerprint density at radius 1 is 1.32 bits per heavy atom. The number of anilines is 1. The summed E-state index contributed by atoms with van der Waals surface area (Å²) < 4.78 is 38.2. The molecule has 1 atom stereocenters. The standard InChI is InChI=1S/C13H17F3N2O/c1-8(2)7-10(17)12(19)18-11-6-4-3-5-9(11)13(14,15)16/h3-6,8,10H,7,17H2,1-2H3,(H,18,19)/t10-/m0/s1. The molecule has 0 saturated heterocycles. The first-order chi connectivity index (χ1) is 8.71. The van der Waals surface area contributed by atoms with Gasteiger partial charge in [-0.3, -0.25) is 4.79 Å². The maximum Gasteiger partial charge on any atom is 0.418 e. The number of nitrogens with one attached hydrogen (secondary N) is 1. The van der Waals surface area contributed by atoms with Crippen molar-refractivity contribution >= 4 is 11.6 Å². The maximum atomic E-state index is 12.7. The molecule has 3 nitrogen and oxygen atoms in total. The second-order valence-electron chi connectivity index (χ2n) is 4.77. The Morgan fingerprint density at radius 3 is 2.42 bits per heavy atom. The summed E-state index contributed by atoms with van der Waals surface area (Å²) in [4.78, 5) is 11.7. The van der Waals surface area contributed by atoms with Gasteiger partial charge in [-0.25, -0.2) is 0 Å². The number of halogens is 3. The van der Waals surface area contributed by atoms with E-state index in [1.54, 1.807) is 0 Å². The van der Waals surface area contributed by atoms with Gasteiger partial charge in [-0.05, 0) is 24.5 Å². The van der Waals surface area contributed by atoms with Crippen molar-refractivity contribution in [3.8, 4) is 0 Å². The Bertz CT molecular complexity index is 444. The first kappa shape index (κ1) is 15.5. The normalized spacial score (nSPS) is 13.4. The van der Waals surface area contributed by atoms with E-state index < -0.39 is 23.7 Å². The molecule has 6 heteroatoms. The molecule has 0 bridgehead atoms. The first-order valence-corrected chi connectivity index (χ1v) is 5.94. The van der Waals surface area contributed by atoms with Crippen LogP contribution in [0.1, 0.15) is 25.8 Å². The van der Waals surface area contributed by atoms with Gasteiger partial charge in [0.05, 0.1) is 17.3 Å². The Hall–Kier alpha value is -1.56. The SMILES string of the molecule is CC(C)C[C@H](N)C(=O)Nc1ccccc1C(F)(F)F. The largest absolute Gasteiger partial charge is 0.418 e. The lowest BCUT2D eigenvalue weighted by molar-refractivity contribution is -0.137. The van der Waals surface area contributed by atoms with Crippen LogP contribution in [0.5, 0.6) is 0 Å². The lowest BCUT2D eigenvalue weighted by atomic mass is 10.0. The van der Waals surface area contributed by atoms with Crippen LogP contribution >= 0.6 is 0 Å². The third-order valence-corrected chi connectivity index (χ3v) is 2.55. The molecule has 0 saturated carbocycles. The van der Waals surface area contributed by atoms with E-state index in [-0.39, 0.29) is 11.6 Å². The van der Waals surface area contributed by atoms with E-state index in [1.807, 2.05) is 13.8 Å². The molecule has 0 aromatic heterocycles. The molecule has 1 amide bonds. The molecule has 1 rings (SSSR count). The summed E-state index contributed by atoms with van der Waals surface area (Å²) in [5.41, 5.74) is 4.49. The van der Waals surface area contributed by atoms with E-state index in [4.69, 9.17) is 5.73 Å². The van der Waals surface area contributed by atoms with E-state index in [0.717, 1.165) is 6.07 Å². The zero-order valence-electron chi connectivity index (χ0n) is 10.8. The Kier molecular flexibility index (Phi) is 4.94. The van der Waals surface area contributed by atoms with Crippen LogP contribution in [-0.4, -0.2) is 11.9 Å². The molecule has 0 aliphatic rings. The molecule has 0 fully saturated rings. The highest BCUT2D eigenvalue weighted by Gasteiger charge is 2.33. The van der Waals surface area contributed by atoms with Crippen molar-refractivity contribution in [3.05, 3.63) is 29.8 Å². The molecule has 0 heterocycles. The summed E-state index contributed by atoms with van der Waals surface area (Å²) in [7, 11) is 0. The van der Waals surface area contributed by atoms with Crippen LogP contribution in [0.4, 0.5) is 18.9 Å². The van der Waals surface area contributed by atoms with Crippen LogP contribution in [0, 0.1) is 5.92 Å². The molecule has 0 aliphatic carbocycles. The number of nitrogens with two attached hydrogens (primary N) is 1. The zero-order valence-corrected chi connectivity index (χ0v) is 10.8. The lowest BCUT2D eigenvalue weighted by Gasteiger charge is -2.17. The Labute approximate surface area is 110 Å². The van der Waals surface area contributed by atoms with Gasteiger partial charge in [-0.2, -0.15) is 13.2 Å². The quantitative estimate of drug-likeness (QED) is 0.886. The molecule has 0 spiro atoms. The lowest BCUT2D eigenvalue weighted by Crippen LogP contribution is -2.37. The summed E-state index contributed by atoms with van der Waals surface area (Å²) in [5, 5.41) is 2.24. The van der Waals surface area contributed by atoms with Crippen molar-refractivity contribution < 1.29 is 18.0 Å². The van der Waals surface area contributed by atoms with E-state index in [0.29, 0.717) is 6.42 Å². The summed E-state index contributed by atoms with van der Waals surface area (Å²) in [5.74, 6) is -0.413. The van der Waals surface area contributed by atoms with E-state index >= 15 is 0 Å². The predicted molar refractivity (Wildman–Crippen MR) is 67.5 cm³/mol. The van der Waals surface area contributed by atoms with Gasteiger partial charge in [0.1, 0.15) is 0 Å². The van der Waals surface area contributed by atoms with Gasteiger partial charge >= 0.3 is 6.18 Å². The molecule has 0 aliphatic heterocycles. The average molecular weight is 274 g/mol. The third-order valence-electron chi connectivity index (χ3n) is 2.55. The fourth-order valence-electron chi connectivity index (χ4n) is 1.68. The monoisotopic (exact) mass is 274 g/mol. The number of hydrogen-bond donors (Lipinski definition) is 2. The van der Waals surface area contributed by atoms with Gasteiger partial charge in [0.15, 0.2) is 0 Å². The van der Waals surface area contributed by atoms with Gasteiger partial charge in [0.25, 0.3) is 0 Å². The molecule has 1 aromatic carbocycles. The summed E-state index contributed by atoms with van der Waals surface area (Å²) in [6, 6.07) is 4.01. The van der Waals surface area contributed by atoms with Crippen molar-refractivity contribution in [1.29, 1.82) is 0 Å². The molecule has 106 valence electrons. The molecule has 0 radical (unpaired) electrons. The smallest absolute Gasteiger partial charge is 0.324 e. The number of benzene rings is 1. The second-order valence-corrected chi connectivity index (χ2v) is 4.77. The van der Waals surface area contributed by atoms with Crippen LogP contribution < -0.4 is 11.1 Å². The molecule has 1 aromatic rings. The van der Waals surface area contributed by atoms with Crippen molar-refractivity contribution in [2.75, 3.05) is 5.32 Å². The minimum atomic E-state index is -4.51. The van der Waals surface area contributed by atoms with Crippen LogP contribution in [0.2, 0.25) is 0 Å². The fraction of sp³-hybridized carbons (Fsp3) is 0.462. The van der Waals surface area contributed by atoms with Crippen LogP contribution in [0.25, 0.3) is 0 Å². The highest BCUT2D eigenvalue weighted by molar-refractivity contribution is 5.95. The fourth-order valence-corrected chi connectivity index (χ4v) is 1.68. The predicted octanol–water partition coefficient (Wildman–Crippen LogP) is 3.02. The number of hydrogen-bond acceptors (Lipinski definition) is 2. The highest BCUT2D eigenvalue weighted by Crippen LogP contribution is 2.34. The minimum Gasteiger partial charge on any atom is -0.324 e. The second kappa shape index (κ2) is 6.06. The Balaban J connectivity index is 2.86. The third kappa shape index (κ3) is 4.55. The number of para-hydroxylation sites is 1. The number of alkyl halides is 3. The minimum absolute atomic E-state index is 0.193. The average Bonchev–Trinajstić information content (AvgIpc) is 2.27. The first-order valence-electron chi connectivity index (χ1n) is 5.94. The van der Waals surface area contributed by atoms with E-state index in [2.05, 4.69) is 5.32 Å². The number of rotatable bonds is 4. The number of carbonyl (C=O) groups excluding carboxylic acids is 1. The van der Waals surface area contributed by atoms with Crippen LogP contribution in [0.15, 0.2) is 24.3 Å². The molecule has 19 heavy (non-hydrogen) atoms. The topological polar surface area (TPSA) is 55.1 Å². The number of carbonyl (C=O) groups is 1. The van der Waals surface area contributed by atoms with E-state index in [1.165, 1.54) is 18.2 Å². The van der Waals surface area contributed by atoms with Gasteiger partial charge in [0.2, 0.25) is 5.91 Å². The summed E-state index contributed by atoms with van der Waals surface area (Å²) >= 11 is 0. The van der Waals surface area contributed by atoms with Crippen molar-refractivity contribution in [2.24, 2.45) is 11.7 Å². The molecular formula is C13H17F3N2O. The zero-order chi connectivity index (χ0) is 14.6. The Morgan fingerprint density at radius 2 is 1.89 bits per heavy atom. The molecular weight excluding hydrogens is 257 g/mol. The number of amides is 1. The molecule has 3 N–H and O–H groups in total. The van der Waals surface area contributed by atoms with Gasteiger partial charge < -0.3 is 11.1 Å². The molecule has 0 unspecified atom stereocenters. The van der Waals surface area contributed by atoms with Gasteiger partial charge in [-0.1, -0.05) is 26.0 Å². The van der Waals surface area contributed by atoms with Gasteiger partial charge in [-0.15, -0.1) is 0 Å². The highest BCUT2D eigenvalue weighted by atomic mass is 19.4. The van der Waals surface area contributed by atoms with Crippen LogP contribution in [-0.2, 0) is 11.0 Å². The van der Waals surface area contributed by atoms with Crippen molar-refractivity contribution in [1.82, 2.24) is 0 Å². The van der Waals surface area contributed by atoms with Crippen molar-refractivity contribution in [2.45, 2.75) is 32.5 Å². The van der Waals surface area contributed by atoms with Crippen molar-refractivity contribution in [3.63, 3.8) is 0 Å². The maximum absolute atomic E-state index is 12.7. The van der Waals surface area contributed by atoms with E-state index in [9.17, 15) is 18.0 Å². The summed E-state index contributed by atoms with van der Waals surface area (Å²) in [6.45, 7) is 3.77.